The topological polar surface area (TPSA) is 99.8 Å². The third-order valence-corrected chi connectivity index (χ3v) is 8.00. The van der Waals surface area contributed by atoms with Crippen LogP contribution in [0.1, 0.15) is 23.2 Å². The van der Waals surface area contributed by atoms with Gasteiger partial charge in [0, 0.05) is 50.7 Å². The van der Waals surface area contributed by atoms with Gasteiger partial charge in [-0.15, -0.1) is 11.3 Å². The van der Waals surface area contributed by atoms with Crippen LogP contribution in [0.5, 0.6) is 0 Å². The summed E-state index contributed by atoms with van der Waals surface area (Å²) in [5.74, 6) is -0.226. The number of nitrogens with one attached hydrogen (secondary N) is 3. The highest BCUT2D eigenvalue weighted by Crippen LogP contribution is 2.27. The van der Waals surface area contributed by atoms with Crippen molar-refractivity contribution in [1.82, 2.24) is 10.6 Å². The third kappa shape index (κ3) is 4.94. The highest BCUT2D eigenvalue weighted by Gasteiger charge is 2.23. The van der Waals surface area contributed by atoms with Crippen LogP contribution in [0.2, 0.25) is 0 Å². The summed E-state index contributed by atoms with van der Waals surface area (Å²) in [5, 5.41) is 7.98. The predicted octanol–water partition coefficient (Wildman–Crippen LogP) is 1.87. The number of carbonyl (C=O) groups is 1. The van der Waals surface area contributed by atoms with Crippen LogP contribution in [0.4, 0.5) is 11.4 Å². The lowest BCUT2D eigenvalue weighted by Gasteiger charge is -2.31. The average Bonchev–Trinajstić information content (AvgIpc) is 3.47. The van der Waals surface area contributed by atoms with Gasteiger partial charge in [0.25, 0.3) is 15.9 Å². The van der Waals surface area contributed by atoms with E-state index in [1.807, 2.05) is 6.07 Å². The van der Waals surface area contributed by atoms with Gasteiger partial charge in [-0.2, -0.15) is 0 Å². The molecule has 1 atom stereocenters. The third-order valence-electron chi connectivity index (χ3n) is 5.23. The lowest BCUT2D eigenvalue weighted by Crippen LogP contribution is -2.44. The minimum atomic E-state index is -3.68. The van der Waals surface area contributed by atoms with Gasteiger partial charge in [0.15, 0.2) is 0 Å². The Morgan fingerprint density at radius 2 is 2.10 bits per heavy atom. The number of nitrogens with zero attached hydrogens (tertiary/aromatic N) is 1. The maximum atomic E-state index is 13.0. The first-order valence-electron chi connectivity index (χ1n) is 10.1. The Balaban J connectivity index is 1.58. The molecule has 10 heteroatoms. The second-order valence-electron chi connectivity index (χ2n) is 7.35. The van der Waals surface area contributed by atoms with Crippen molar-refractivity contribution in [2.24, 2.45) is 0 Å². The van der Waals surface area contributed by atoms with Crippen LogP contribution in [-0.4, -0.2) is 59.8 Å². The summed E-state index contributed by atoms with van der Waals surface area (Å²) in [6.45, 7) is 4.42. The van der Waals surface area contributed by atoms with Gasteiger partial charge in [-0.05, 0) is 42.5 Å². The van der Waals surface area contributed by atoms with Crippen molar-refractivity contribution < 1.29 is 17.9 Å². The van der Waals surface area contributed by atoms with Gasteiger partial charge < -0.3 is 20.3 Å². The smallest absolute Gasteiger partial charge is 0.271 e. The van der Waals surface area contributed by atoms with Crippen LogP contribution in [0.3, 0.4) is 0 Å². The minimum Gasteiger partial charge on any atom is -0.376 e. The number of benzene rings is 1. The molecule has 2 fully saturated rings. The normalized spacial score (nSPS) is 19.6. The molecule has 2 saturated heterocycles. The van der Waals surface area contributed by atoms with Gasteiger partial charge in [0.2, 0.25) is 0 Å². The molecular formula is C20H26N4O4S2. The number of hydrogen-bond donors (Lipinski definition) is 3. The van der Waals surface area contributed by atoms with Crippen molar-refractivity contribution in [2.75, 3.05) is 49.0 Å². The largest absolute Gasteiger partial charge is 0.376 e. The predicted molar refractivity (Wildman–Crippen MR) is 118 cm³/mol. The fourth-order valence-electron chi connectivity index (χ4n) is 3.69. The fourth-order valence-corrected chi connectivity index (χ4v) is 5.73. The van der Waals surface area contributed by atoms with Gasteiger partial charge >= 0.3 is 0 Å². The van der Waals surface area contributed by atoms with Crippen molar-refractivity contribution in [3.63, 3.8) is 0 Å². The molecule has 1 aromatic heterocycles. The zero-order chi connectivity index (χ0) is 21.0. The molecule has 162 valence electrons. The van der Waals surface area contributed by atoms with E-state index in [0.717, 1.165) is 62.7 Å². The maximum absolute atomic E-state index is 13.0. The number of piperazine rings is 1. The maximum Gasteiger partial charge on any atom is 0.271 e. The van der Waals surface area contributed by atoms with Gasteiger partial charge in [-0.25, -0.2) is 8.42 Å². The number of ether oxygens (including phenoxy) is 1. The summed E-state index contributed by atoms with van der Waals surface area (Å²) in [5.41, 5.74) is 1.63. The highest BCUT2D eigenvalue weighted by molar-refractivity contribution is 7.94. The van der Waals surface area contributed by atoms with Gasteiger partial charge in [-0.3, -0.25) is 9.52 Å². The van der Waals surface area contributed by atoms with Crippen molar-refractivity contribution in [1.29, 1.82) is 0 Å². The highest BCUT2D eigenvalue weighted by atomic mass is 32.2. The van der Waals surface area contributed by atoms with E-state index in [0.29, 0.717) is 17.8 Å². The van der Waals surface area contributed by atoms with Crippen molar-refractivity contribution in [3.05, 3.63) is 41.3 Å². The summed E-state index contributed by atoms with van der Waals surface area (Å²) >= 11 is 1.15. The van der Waals surface area contributed by atoms with Gasteiger partial charge in [0.1, 0.15) is 4.21 Å². The molecule has 2 aliphatic rings. The molecule has 1 amide bonds. The van der Waals surface area contributed by atoms with Gasteiger partial charge in [0.05, 0.1) is 11.7 Å². The molecule has 3 heterocycles. The molecule has 30 heavy (non-hydrogen) atoms. The van der Waals surface area contributed by atoms with Gasteiger partial charge in [-0.1, -0.05) is 6.07 Å². The van der Waals surface area contributed by atoms with E-state index in [1.165, 1.54) is 0 Å². The molecule has 0 unspecified atom stereocenters. The Bertz CT molecular complexity index is 967. The Morgan fingerprint density at radius 1 is 1.27 bits per heavy atom. The number of thiophene rings is 1. The summed E-state index contributed by atoms with van der Waals surface area (Å²) in [7, 11) is -3.68. The SMILES string of the molecule is O=C(NC[C@@H]1CCCO1)c1cc(NS(=O)(=O)c2cccs2)ccc1N1CCNCC1. The van der Waals surface area contributed by atoms with Crippen LogP contribution in [0.15, 0.2) is 39.9 Å². The zero-order valence-electron chi connectivity index (χ0n) is 16.6. The van der Waals surface area contributed by atoms with Crippen LogP contribution in [-0.2, 0) is 14.8 Å². The van der Waals surface area contributed by atoms with E-state index in [1.54, 1.807) is 29.6 Å². The summed E-state index contributed by atoms with van der Waals surface area (Å²) in [6, 6.07) is 8.39. The van der Waals surface area contributed by atoms with Crippen molar-refractivity contribution in [3.8, 4) is 0 Å². The molecule has 0 aliphatic carbocycles. The number of carbonyl (C=O) groups excluding carboxylic acids is 1. The molecule has 2 aromatic rings. The fraction of sp³-hybridized carbons (Fsp3) is 0.450. The number of rotatable bonds is 7. The van der Waals surface area contributed by atoms with E-state index in [9.17, 15) is 13.2 Å². The standard InChI is InChI=1S/C20H26N4O4S2/c25-20(22-14-16-3-1-11-28-16)17-13-15(23-30(26,27)19-4-2-12-29-19)5-6-18(17)24-9-7-21-8-10-24/h2,4-6,12-13,16,21,23H,1,3,7-11,14H2,(H,22,25)/t16-/m0/s1. The Hall–Kier alpha value is -2.14. The monoisotopic (exact) mass is 450 g/mol. The molecule has 0 radical (unpaired) electrons. The number of sulfonamides is 1. The molecule has 2 aliphatic heterocycles. The number of anilines is 2. The second-order valence-corrected chi connectivity index (χ2v) is 10.2. The molecule has 0 saturated carbocycles. The molecule has 3 N–H and O–H groups in total. The van der Waals surface area contributed by atoms with E-state index in [2.05, 4.69) is 20.3 Å². The molecule has 0 spiro atoms. The minimum absolute atomic E-state index is 0.0390. The van der Waals surface area contributed by atoms with Crippen LogP contribution in [0.25, 0.3) is 0 Å². The summed E-state index contributed by atoms with van der Waals surface area (Å²) in [6.07, 6.45) is 1.98. The first kappa shape index (κ1) is 21.1. The first-order chi connectivity index (χ1) is 14.5. The van der Waals surface area contributed by atoms with Crippen LogP contribution >= 0.6 is 11.3 Å². The number of hydrogen-bond acceptors (Lipinski definition) is 7. The molecule has 1 aromatic carbocycles. The summed E-state index contributed by atoms with van der Waals surface area (Å²) < 4.78 is 33.6. The lowest BCUT2D eigenvalue weighted by atomic mass is 10.1. The van der Waals surface area contributed by atoms with E-state index in [-0.39, 0.29) is 16.2 Å². The zero-order valence-corrected chi connectivity index (χ0v) is 18.2. The van der Waals surface area contributed by atoms with E-state index < -0.39 is 10.0 Å². The quantitative estimate of drug-likeness (QED) is 0.596. The Morgan fingerprint density at radius 3 is 2.80 bits per heavy atom. The molecule has 0 bridgehead atoms. The first-order valence-corrected chi connectivity index (χ1v) is 12.4. The second kappa shape index (κ2) is 9.34. The van der Waals surface area contributed by atoms with Crippen molar-refractivity contribution in [2.45, 2.75) is 23.2 Å². The van der Waals surface area contributed by atoms with Crippen LogP contribution < -0.4 is 20.3 Å². The molecule has 4 rings (SSSR count). The average molecular weight is 451 g/mol. The Kier molecular flexibility index (Phi) is 6.57. The molecule has 8 nitrogen and oxygen atoms in total. The van der Waals surface area contributed by atoms with Crippen molar-refractivity contribution >= 4 is 38.6 Å². The van der Waals surface area contributed by atoms with E-state index >= 15 is 0 Å². The molecular weight excluding hydrogens is 424 g/mol. The Labute approximate surface area is 180 Å². The van der Waals surface area contributed by atoms with Crippen LogP contribution in [0, 0.1) is 0 Å². The number of amides is 1. The lowest BCUT2D eigenvalue weighted by molar-refractivity contribution is 0.0858. The summed E-state index contributed by atoms with van der Waals surface area (Å²) in [4.78, 5) is 15.2. The van der Waals surface area contributed by atoms with E-state index in [4.69, 9.17) is 4.74 Å².